The van der Waals surface area contributed by atoms with Crippen molar-refractivity contribution in [2.24, 2.45) is 82.9 Å². The Morgan fingerprint density at radius 2 is 1.40 bits per heavy atom. The largest absolute Gasteiger partial charge is 0.0882 e. The van der Waals surface area contributed by atoms with Gasteiger partial charge in [-0.2, -0.15) is 0 Å². The molecule has 7 aliphatic rings. The molecule has 0 saturated heterocycles. The Morgan fingerprint density at radius 1 is 0.651 bits per heavy atom. The average molecular weight is 587 g/mol. The molecule has 7 aliphatic carbocycles. The van der Waals surface area contributed by atoms with E-state index in [1.807, 2.05) is 5.57 Å². The zero-order valence-electron chi connectivity index (χ0n) is 28.9. The first-order valence-corrected chi connectivity index (χ1v) is 20.5. The number of unbranched alkanes of at least 4 members (excludes halogenated alkanes) is 2. The molecule has 0 aliphatic heterocycles. The van der Waals surface area contributed by atoms with Crippen LogP contribution in [0.15, 0.2) is 23.8 Å². The minimum atomic E-state index is 0.833. The summed E-state index contributed by atoms with van der Waals surface area (Å²) in [5.74, 6) is 14.1. The standard InChI is InChI=1S/C43H70/c1-4-5-6-14-30(3)31-18-13-19-35(26-31)42-37-21-11-12-22-38(37)43(39-24-23-29(2)25-40(39)42)41-28-33-16-8-7-15-32(33)27-34-17-9-10-20-36(34)41/h8,16,26,29-30,32-43H,4-7,9-15,17-25,27-28H2,1-3H3/t29?,30?,32?,33?,34?,35?,36-,37?,38?,39?,40?,41?,42?,43?/m0/s1. The van der Waals surface area contributed by atoms with Crippen LogP contribution in [-0.4, -0.2) is 0 Å². The van der Waals surface area contributed by atoms with E-state index < -0.39 is 0 Å². The lowest BCUT2D eigenvalue weighted by Crippen LogP contribution is -2.55. The highest BCUT2D eigenvalue weighted by Crippen LogP contribution is 2.64. The van der Waals surface area contributed by atoms with Gasteiger partial charge in [-0.05, 0) is 166 Å². The molecule has 0 bridgehead atoms. The van der Waals surface area contributed by atoms with Gasteiger partial charge in [-0.1, -0.05) is 102 Å². The Bertz CT molecular complexity index is 955. The second-order valence-corrected chi connectivity index (χ2v) is 18.0. The molecule has 5 saturated carbocycles. The summed E-state index contributed by atoms with van der Waals surface area (Å²) >= 11 is 0. The van der Waals surface area contributed by atoms with Crippen LogP contribution in [0.3, 0.4) is 0 Å². The highest BCUT2D eigenvalue weighted by atomic mass is 14.6. The molecule has 43 heavy (non-hydrogen) atoms. The fourth-order valence-electron chi connectivity index (χ4n) is 13.9. The molecular formula is C43H70. The van der Waals surface area contributed by atoms with E-state index in [1.165, 1.54) is 77.0 Å². The fourth-order valence-corrected chi connectivity index (χ4v) is 13.9. The molecule has 0 amide bonds. The van der Waals surface area contributed by atoms with Gasteiger partial charge < -0.3 is 0 Å². The molecule has 0 aromatic heterocycles. The van der Waals surface area contributed by atoms with Crippen LogP contribution in [0, 0.1) is 82.9 Å². The van der Waals surface area contributed by atoms with Crippen molar-refractivity contribution in [3.63, 3.8) is 0 Å². The number of fused-ring (bicyclic) bond motifs is 4. The van der Waals surface area contributed by atoms with Crippen LogP contribution in [0.5, 0.6) is 0 Å². The molecule has 14 atom stereocenters. The van der Waals surface area contributed by atoms with Crippen molar-refractivity contribution >= 4 is 0 Å². The van der Waals surface area contributed by atoms with Crippen molar-refractivity contribution in [2.45, 2.75) is 162 Å². The topological polar surface area (TPSA) is 0 Å². The maximum atomic E-state index is 2.98. The van der Waals surface area contributed by atoms with Crippen LogP contribution < -0.4 is 0 Å². The minimum Gasteiger partial charge on any atom is -0.0882 e. The third-order valence-corrected chi connectivity index (χ3v) is 15.7. The molecule has 13 unspecified atom stereocenters. The van der Waals surface area contributed by atoms with Crippen LogP contribution in [0.4, 0.5) is 0 Å². The second kappa shape index (κ2) is 14.1. The maximum Gasteiger partial charge on any atom is -0.0197 e. The molecule has 0 radical (unpaired) electrons. The quantitative estimate of drug-likeness (QED) is 0.206. The van der Waals surface area contributed by atoms with Gasteiger partial charge in [0.05, 0.1) is 0 Å². The van der Waals surface area contributed by atoms with Gasteiger partial charge in [0.1, 0.15) is 0 Å². The van der Waals surface area contributed by atoms with Crippen LogP contribution in [-0.2, 0) is 0 Å². The summed E-state index contributed by atoms with van der Waals surface area (Å²) in [6.45, 7) is 7.61. The first-order valence-electron chi connectivity index (χ1n) is 20.5. The molecular weight excluding hydrogens is 516 g/mol. The SMILES string of the molecule is CCCCCC(C)C1=CC(C2C3CCCCC3C(C3CC4C=CCCC4CC4CCCC[C@@H]43)C3CCC(C)CC32)CCC1. The van der Waals surface area contributed by atoms with Crippen molar-refractivity contribution in [3.8, 4) is 0 Å². The van der Waals surface area contributed by atoms with Gasteiger partial charge in [-0.25, -0.2) is 0 Å². The Morgan fingerprint density at radius 3 is 2.23 bits per heavy atom. The van der Waals surface area contributed by atoms with Gasteiger partial charge in [0.2, 0.25) is 0 Å². The Hall–Kier alpha value is -0.520. The van der Waals surface area contributed by atoms with Crippen molar-refractivity contribution in [3.05, 3.63) is 23.8 Å². The molecule has 242 valence electrons. The predicted octanol–water partition coefficient (Wildman–Crippen LogP) is 12.8. The van der Waals surface area contributed by atoms with Gasteiger partial charge >= 0.3 is 0 Å². The highest BCUT2D eigenvalue weighted by Gasteiger charge is 2.57. The summed E-state index contributed by atoms with van der Waals surface area (Å²) < 4.78 is 0. The fraction of sp³-hybridized carbons (Fsp3) is 0.907. The Balaban J connectivity index is 1.22. The smallest absolute Gasteiger partial charge is 0.0197 e. The van der Waals surface area contributed by atoms with E-state index >= 15 is 0 Å². The van der Waals surface area contributed by atoms with Crippen LogP contribution >= 0.6 is 0 Å². The number of allylic oxidation sites excluding steroid dienone is 4. The van der Waals surface area contributed by atoms with Crippen LogP contribution in [0.2, 0.25) is 0 Å². The lowest BCUT2D eigenvalue weighted by Gasteiger charge is -2.61. The highest BCUT2D eigenvalue weighted by molar-refractivity contribution is 5.16. The summed E-state index contributed by atoms with van der Waals surface area (Å²) in [7, 11) is 0. The predicted molar refractivity (Wildman–Crippen MR) is 185 cm³/mol. The molecule has 0 aromatic rings. The second-order valence-electron chi connectivity index (χ2n) is 18.0. The van der Waals surface area contributed by atoms with E-state index in [-0.39, 0.29) is 0 Å². The van der Waals surface area contributed by atoms with E-state index in [2.05, 4.69) is 39.0 Å². The third-order valence-electron chi connectivity index (χ3n) is 15.7. The van der Waals surface area contributed by atoms with E-state index in [4.69, 9.17) is 0 Å². The molecule has 0 aromatic carbocycles. The van der Waals surface area contributed by atoms with Gasteiger partial charge in [0.15, 0.2) is 0 Å². The first kappa shape index (κ1) is 31.1. The van der Waals surface area contributed by atoms with Gasteiger partial charge in [0, 0.05) is 0 Å². The zero-order chi connectivity index (χ0) is 29.3. The van der Waals surface area contributed by atoms with Crippen LogP contribution in [0.1, 0.15) is 162 Å². The van der Waals surface area contributed by atoms with Gasteiger partial charge in [-0.15, -0.1) is 0 Å². The summed E-state index contributed by atoms with van der Waals surface area (Å²) in [5, 5.41) is 0. The monoisotopic (exact) mass is 587 g/mol. The summed E-state index contributed by atoms with van der Waals surface area (Å²) in [4.78, 5) is 0. The van der Waals surface area contributed by atoms with Gasteiger partial charge in [0.25, 0.3) is 0 Å². The van der Waals surface area contributed by atoms with E-state index in [9.17, 15) is 0 Å². The van der Waals surface area contributed by atoms with E-state index in [0.29, 0.717) is 0 Å². The lowest BCUT2D eigenvalue weighted by atomic mass is 9.44. The summed E-state index contributed by atoms with van der Waals surface area (Å²) in [6, 6.07) is 0. The molecule has 5 fully saturated rings. The minimum absolute atomic E-state index is 0.833. The Kier molecular flexibility index (Phi) is 10.2. The molecule has 7 rings (SSSR count). The van der Waals surface area contributed by atoms with Crippen molar-refractivity contribution in [1.29, 1.82) is 0 Å². The number of hydrogen-bond donors (Lipinski definition) is 0. The van der Waals surface area contributed by atoms with Crippen molar-refractivity contribution in [2.75, 3.05) is 0 Å². The van der Waals surface area contributed by atoms with Crippen molar-refractivity contribution in [1.82, 2.24) is 0 Å². The summed E-state index contributed by atoms with van der Waals surface area (Å²) in [6.07, 6.45) is 41.7. The first-order chi connectivity index (χ1) is 21.1. The third kappa shape index (κ3) is 6.40. The van der Waals surface area contributed by atoms with Crippen molar-refractivity contribution < 1.29 is 0 Å². The van der Waals surface area contributed by atoms with E-state index in [1.54, 1.807) is 64.2 Å². The average Bonchev–Trinajstić information content (AvgIpc) is 3.20. The normalized spacial score (nSPS) is 47.2. The van der Waals surface area contributed by atoms with Gasteiger partial charge in [-0.3, -0.25) is 0 Å². The molecule has 0 heteroatoms. The molecule has 0 N–H and O–H groups in total. The number of hydrogen-bond acceptors (Lipinski definition) is 0. The molecule has 0 nitrogen and oxygen atoms in total. The van der Waals surface area contributed by atoms with E-state index in [0.717, 1.165) is 82.9 Å². The summed E-state index contributed by atoms with van der Waals surface area (Å²) in [5.41, 5.74) is 1.89. The zero-order valence-corrected chi connectivity index (χ0v) is 28.9. The van der Waals surface area contributed by atoms with Crippen LogP contribution in [0.25, 0.3) is 0 Å². The lowest BCUT2D eigenvalue weighted by molar-refractivity contribution is -0.120. The maximum absolute atomic E-state index is 2.98. The molecule has 0 spiro atoms. The number of rotatable bonds is 7. The Labute approximate surface area is 268 Å². The molecule has 0 heterocycles.